The molecule has 0 aliphatic heterocycles. The molecule has 0 atom stereocenters. The highest BCUT2D eigenvalue weighted by Crippen LogP contribution is 2.03. The van der Waals surface area contributed by atoms with Crippen molar-refractivity contribution >= 4 is 5.97 Å². The van der Waals surface area contributed by atoms with Gasteiger partial charge in [-0.05, 0) is 18.8 Å². The highest BCUT2D eigenvalue weighted by molar-refractivity contribution is 5.85. The zero-order valence-corrected chi connectivity index (χ0v) is 8.38. The van der Waals surface area contributed by atoms with Crippen LogP contribution < -0.4 is 0 Å². The van der Waals surface area contributed by atoms with E-state index in [9.17, 15) is 4.79 Å². The first-order chi connectivity index (χ1) is 6.04. The van der Waals surface area contributed by atoms with E-state index in [0.717, 1.165) is 12.8 Å². The molecule has 0 fully saturated rings. The van der Waals surface area contributed by atoms with Gasteiger partial charge in [0.25, 0.3) is 0 Å². The maximum absolute atomic E-state index is 10.3. The van der Waals surface area contributed by atoms with Gasteiger partial charge in [0.1, 0.15) is 0 Å². The zero-order valence-electron chi connectivity index (χ0n) is 8.38. The molecular weight excluding hydrogens is 168 g/mol. The highest BCUT2D eigenvalue weighted by Gasteiger charge is 2.02. The molecule has 0 rings (SSSR count). The molecule has 0 saturated heterocycles. The van der Waals surface area contributed by atoms with Crippen LogP contribution >= 0.6 is 0 Å². The summed E-state index contributed by atoms with van der Waals surface area (Å²) in [5.41, 5.74) is 0.115. The largest absolute Gasteiger partial charge is 0.478 e. The third-order valence-electron chi connectivity index (χ3n) is 1.65. The summed E-state index contributed by atoms with van der Waals surface area (Å²) in [6.07, 6.45) is 2.09. The van der Waals surface area contributed by atoms with Crippen LogP contribution in [0.15, 0.2) is 12.2 Å². The average Bonchev–Trinajstić information content (AvgIpc) is 2.02. The highest BCUT2D eigenvalue weighted by atomic mass is 16.5. The van der Waals surface area contributed by atoms with Gasteiger partial charge in [-0.1, -0.05) is 20.4 Å². The second-order valence-corrected chi connectivity index (χ2v) is 3.50. The Kier molecular flexibility index (Phi) is 6.24. The molecule has 0 bridgehead atoms. The summed E-state index contributed by atoms with van der Waals surface area (Å²) in [5, 5.41) is 8.45. The van der Waals surface area contributed by atoms with Crippen molar-refractivity contribution in [2.45, 2.75) is 26.7 Å². The Morgan fingerprint density at radius 3 is 2.62 bits per heavy atom. The molecule has 76 valence electrons. The molecule has 1 N–H and O–H groups in total. The van der Waals surface area contributed by atoms with E-state index in [1.165, 1.54) is 0 Å². The fourth-order valence-corrected chi connectivity index (χ4v) is 0.851. The first-order valence-corrected chi connectivity index (χ1v) is 4.53. The van der Waals surface area contributed by atoms with Crippen molar-refractivity contribution in [2.75, 3.05) is 13.2 Å². The molecule has 0 aromatic rings. The van der Waals surface area contributed by atoms with Crippen LogP contribution in [0.5, 0.6) is 0 Å². The number of hydrogen-bond acceptors (Lipinski definition) is 2. The standard InChI is InChI=1S/C10H18O3/c1-8(2)5-4-6-13-7-9(3)10(11)12/h8H,3-7H2,1-2H3,(H,11,12). The number of aliphatic carboxylic acids is 1. The van der Waals surface area contributed by atoms with Gasteiger partial charge in [-0.15, -0.1) is 0 Å². The summed E-state index contributed by atoms with van der Waals surface area (Å²) in [6, 6.07) is 0. The van der Waals surface area contributed by atoms with E-state index in [1.807, 2.05) is 0 Å². The Morgan fingerprint density at radius 2 is 2.15 bits per heavy atom. The Morgan fingerprint density at radius 1 is 1.54 bits per heavy atom. The summed E-state index contributed by atoms with van der Waals surface area (Å²) in [4.78, 5) is 10.3. The van der Waals surface area contributed by atoms with Gasteiger partial charge in [0.15, 0.2) is 0 Å². The maximum atomic E-state index is 10.3. The Hall–Kier alpha value is -0.830. The Bertz CT molecular complexity index is 173. The number of carbonyl (C=O) groups is 1. The van der Waals surface area contributed by atoms with Crippen LogP contribution in [0.3, 0.4) is 0 Å². The predicted octanol–water partition coefficient (Wildman–Crippen LogP) is 2.08. The summed E-state index contributed by atoms with van der Waals surface area (Å²) in [5.74, 6) is -0.310. The monoisotopic (exact) mass is 186 g/mol. The molecule has 0 amide bonds. The molecule has 0 aliphatic rings. The molecule has 3 heteroatoms. The zero-order chi connectivity index (χ0) is 10.3. The van der Waals surface area contributed by atoms with Crippen molar-refractivity contribution in [1.29, 1.82) is 0 Å². The number of carboxylic acid groups (broad SMARTS) is 1. The quantitative estimate of drug-likeness (QED) is 0.489. The summed E-state index contributed by atoms with van der Waals surface area (Å²) < 4.78 is 5.13. The predicted molar refractivity (Wildman–Crippen MR) is 51.7 cm³/mol. The lowest BCUT2D eigenvalue weighted by Crippen LogP contribution is -2.07. The average molecular weight is 186 g/mol. The minimum Gasteiger partial charge on any atom is -0.478 e. The lowest BCUT2D eigenvalue weighted by atomic mass is 10.1. The lowest BCUT2D eigenvalue weighted by Gasteiger charge is -2.05. The maximum Gasteiger partial charge on any atom is 0.333 e. The van der Waals surface area contributed by atoms with Gasteiger partial charge in [-0.2, -0.15) is 0 Å². The molecular formula is C10H18O3. The molecule has 0 aromatic heterocycles. The van der Waals surface area contributed by atoms with Crippen LogP contribution in [0.2, 0.25) is 0 Å². The van der Waals surface area contributed by atoms with Crippen molar-refractivity contribution in [3.63, 3.8) is 0 Å². The van der Waals surface area contributed by atoms with Gasteiger partial charge in [0.2, 0.25) is 0 Å². The Labute approximate surface area is 79.4 Å². The van der Waals surface area contributed by atoms with E-state index in [-0.39, 0.29) is 12.2 Å². The van der Waals surface area contributed by atoms with Crippen molar-refractivity contribution in [3.8, 4) is 0 Å². The molecule has 0 aliphatic carbocycles. The minimum atomic E-state index is -0.983. The van der Waals surface area contributed by atoms with Gasteiger partial charge >= 0.3 is 5.97 Å². The summed E-state index contributed by atoms with van der Waals surface area (Å²) in [6.45, 7) is 8.41. The van der Waals surface area contributed by atoms with Gasteiger partial charge < -0.3 is 9.84 Å². The van der Waals surface area contributed by atoms with E-state index in [4.69, 9.17) is 9.84 Å². The molecule has 0 saturated carbocycles. The van der Waals surface area contributed by atoms with E-state index in [0.29, 0.717) is 12.5 Å². The lowest BCUT2D eigenvalue weighted by molar-refractivity contribution is -0.133. The van der Waals surface area contributed by atoms with Gasteiger partial charge in [-0.25, -0.2) is 4.79 Å². The second kappa shape index (κ2) is 6.66. The van der Waals surface area contributed by atoms with Crippen LogP contribution in [0.4, 0.5) is 0 Å². The van der Waals surface area contributed by atoms with Crippen molar-refractivity contribution in [2.24, 2.45) is 5.92 Å². The third-order valence-corrected chi connectivity index (χ3v) is 1.65. The fourth-order valence-electron chi connectivity index (χ4n) is 0.851. The molecule has 13 heavy (non-hydrogen) atoms. The van der Waals surface area contributed by atoms with Crippen molar-refractivity contribution in [3.05, 3.63) is 12.2 Å². The molecule has 3 nitrogen and oxygen atoms in total. The van der Waals surface area contributed by atoms with Crippen LogP contribution in [0.1, 0.15) is 26.7 Å². The van der Waals surface area contributed by atoms with Gasteiger partial charge in [0.05, 0.1) is 12.2 Å². The minimum absolute atomic E-state index is 0.115. The second-order valence-electron chi connectivity index (χ2n) is 3.50. The van der Waals surface area contributed by atoms with Crippen molar-refractivity contribution in [1.82, 2.24) is 0 Å². The molecule has 0 spiro atoms. The number of carboxylic acids is 1. The fraction of sp³-hybridized carbons (Fsp3) is 0.700. The number of rotatable bonds is 7. The van der Waals surface area contributed by atoms with Crippen molar-refractivity contribution < 1.29 is 14.6 Å². The topological polar surface area (TPSA) is 46.5 Å². The van der Waals surface area contributed by atoms with Crippen LogP contribution in [-0.4, -0.2) is 24.3 Å². The number of hydrogen-bond donors (Lipinski definition) is 1. The Balaban J connectivity index is 3.26. The molecule has 0 radical (unpaired) electrons. The molecule has 0 unspecified atom stereocenters. The first kappa shape index (κ1) is 12.2. The van der Waals surface area contributed by atoms with Gasteiger partial charge in [0, 0.05) is 6.61 Å². The summed E-state index contributed by atoms with van der Waals surface area (Å²) in [7, 11) is 0. The van der Waals surface area contributed by atoms with Crippen LogP contribution in [0, 0.1) is 5.92 Å². The van der Waals surface area contributed by atoms with Crippen LogP contribution in [0.25, 0.3) is 0 Å². The molecule has 0 aromatic carbocycles. The molecule has 0 heterocycles. The first-order valence-electron chi connectivity index (χ1n) is 4.53. The van der Waals surface area contributed by atoms with E-state index >= 15 is 0 Å². The normalized spacial score (nSPS) is 10.4. The van der Waals surface area contributed by atoms with Gasteiger partial charge in [-0.3, -0.25) is 0 Å². The van der Waals surface area contributed by atoms with E-state index < -0.39 is 5.97 Å². The third kappa shape index (κ3) is 7.53. The SMILES string of the molecule is C=C(COCCCC(C)C)C(=O)O. The number of ether oxygens (including phenoxy) is 1. The van der Waals surface area contributed by atoms with Crippen LogP contribution in [-0.2, 0) is 9.53 Å². The smallest absolute Gasteiger partial charge is 0.333 e. The van der Waals surface area contributed by atoms with E-state index in [2.05, 4.69) is 20.4 Å². The summed E-state index contributed by atoms with van der Waals surface area (Å²) >= 11 is 0. The van der Waals surface area contributed by atoms with E-state index in [1.54, 1.807) is 0 Å².